The summed E-state index contributed by atoms with van der Waals surface area (Å²) in [6.45, 7) is 22.7. The molecule has 8 nitrogen and oxygen atoms in total. The van der Waals surface area contributed by atoms with Gasteiger partial charge in [0.2, 0.25) is 0 Å². The molecule has 43 heavy (non-hydrogen) atoms. The molecule has 0 amide bonds. The molecule has 2 aliphatic heterocycles. The highest BCUT2D eigenvalue weighted by Crippen LogP contribution is 2.43. The van der Waals surface area contributed by atoms with E-state index in [0.717, 1.165) is 6.42 Å². The lowest BCUT2D eigenvalue weighted by molar-refractivity contribution is -0.180. The summed E-state index contributed by atoms with van der Waals surface area (Å²) in [5, 5.41) is -0.393. The molecule has 13 heteroatoms. The van der Waals surface area contributed by atoms with Crippen LogP contribution >= 0.6 is 0 Å². The number of carbonyl (C=O) groups excluding carboxylic acids is 2. The topological polar surface area (TPSA) is 89.5 Å². The minimum absolute atomic E-state index is 0.0647. The Morgan fingerprint density at radius 1 is 0.791 bits per heavy atom. The van der Waals surface area contributed by atoms with Gasteiger partial charge in [-0.05, 0) is 29.0 Å². The fraction of sp³-hybridized carbons (Fsp3) is 0.800. The monoisotopic (exact) mass is 654 g/mol. The number of rotatable bonds is 12. The molecule has 2 heterocycles. The Morgan fingerprint density at radius 2 is 1.21 bits per heavy atom. The molecular weight excluding hydrogens is 601 g/mol. The SMILES string of the molecule is CCCC1(OC/C(F)=C(\F)[Si](C)(C)C(C)(C)C)COC(=O)O1.CCCC1(OC/C=C(\F)[Si](C)(C)C(C)(C)C)COC(=O)O1. The van der Waals surface area contributed by atoms with Crippen LogP contribution in [0.4, 0.5) is 22.8 Å². The summed E-state index contributed by atoms with van der Waals surface area (Å²) >= 11 is 0. The Hall–Kier alpha value is -1.84. The van der Waals surface area contributed by atoms with E-state index >= 15 is 0 Å². The van der Waals surface area contributed by atoms with Gasteiger partial charge in [0.25, 0.3) is 11.6 Å². The summed E-state index contributed by atoms with van der Waals surface area (Å²) < 4.78 is 73.8. The largest absolute Gasteiger partial charge is 0.511 e. The smallest absolute Gasteiger partial charge is 0.427 e. The fourth-order valence-corrected chi connectivity index (χ4v) is 6.58. The first-order valence-corrected chi connectivity index (χ1v) is 20.9. The molecule has 2 unspecified atom stereocenters. The van der Waals surface area contributed by atoms with Crippen LogP contribution in [0, 0.1) is 0 Å². The van der Waals surface area contributed by atoms with Crippen LogP contribution in [-0.4, -0.2) is 66.5 Å². The van der Waals surface area contributed by atoms with E-state index in [0.29, 0.717) is 19.3 Å². The molecule has 250 valence electrons. The van der Waals surface area contributed by atoms with Crippen molar-refractivity contribution in [3.05, 3.63) is 22.8 Å². The molecule has 2 rings (SSSR count). The first kappa shape index (κ1) is 39.2. The Bertz CT molecular complexity index is 1030. The van der Waals surface area contributed by atoms with Gasteiger partial charge in [0, 0.05) is 12.8 Å². The lowest BCUT2D eigenvalue weighted by atomic mass is 10.1. The second-order valence-electron chi connectivity index (χ2n) is 14.2. The highest BCUT2D eigenvalue weighted by atomic mass is 28.3. The van der Waals surface area contributed by atoms with E-state index in [1.807, 2.05) is 47.7 Å². The minimum atomic E-state index is -2.59. The summed E-state index contributed by atoms with van der Waals surface area (Å²) in [5.41, 5.74) is -0.802. The van der Waals surface area contributed by atoms with Gasteiger partial charge in [0.15, 0.2) is 19.0 Å². The summed E-state index contributed by atoms with van der Waals surface area (Å²) in [5.74, 6) is -3.29. The van der Waals surface area contributed by atoms with E-state index in [4.69, 9.17) is 28.4 Å². The quantitative estimate of drug-likeness (QED) is 0.152. The maximum absolute atomic E-state index is 14.5. The fourth-order valence-electron chi connectivity index (χ4n) is 3.86. The molecule has 0 aromatic rings. The van der Waals surface area contributed by atoms with Crippen molar-refractivity contribution >= 4 is 28.5 Å². The average Bonchev–Trinajstić information content (AvgIpc) is 3.43. The van der Waals surface area contributed by atoms with Gasteiger partial charge in [-0.25, -0.2) is 22.8 Å². The molecule has 0 radical (unpaired) electrons. The number of hydrogen-bond acceptors (Lipinski definition) is 8. The van der Waals surface area contributed by atoms with Crippen molar-refractivity contribution < 1.29 is 51.2 Å². The predicted molar refractivity (Wildman–Crippen MR) is 165 cm³/mol. The van der Waals surface area contributed by atoms with Gasteiger partial charge in [-0.3, -0.25) is 0 Å². The van der Waals surface area contributed by atoms with Crippen LogP contribution in [0.3, 0.4) is 0 Å². The molecule has 0 N–H and O–H groups in total. The van der Waals surface area contributed by atoms with E-state index in [2.05, 4.69) is 20.8 Å². The zero-order valence-electron chi connectivity index (χ0n) is 28.1. The third-order valence-electron chi connectivity index (χ3n) is 8.83. The van der Waals surface area contributed by atoms with Crippen LogP contribution < -0.4 is 0 Å². The minimum Gasteiger partial charge on any atom is -0.427 e. The molecule has 2 aliphatic rings. The molecule has 0 aromatic heterocycles. The zero-order chi connectivity index (χ0) is 33.5. The highest BCUT2D eigenvalue weighted by Gasteiger charge is 2.46. The third kappa shape index (κ3) is 10.4. The van der Waals surface area contributed by atoms with Crippen LogP contribution in [0.2, 0.25) is 36.3 Å². The number of carbonyl (C=O) groups is 2. The predicted octanol–water partition coefficient (Wildman–Crippen LogP) is 9.43. The summed E-state index contributed by atoms with van der Waals surface area (Å²) in [7, 11) is -4.75. The Morgan fingerprint density at radius 3 is 1.56 bits per heavy atom. The molecule has 2 fully saturated rings. The van der Waals surface area contributed by atoms with Gasteiger partial charge < -0.3 is 28.4 Å². The Balaban J connectivity index is 0.000000430. The van der Waals surface area contributed by atoms with Crippen LogP contribution in [0.15, 0.2) is 22.8 Å². The summed E-state index contributed by atoms with van der Waals surface area (Å²) in [4.78, 5) is 22.2. The molecular formula is C30H53F3O8Si2. The zero-order valence-corrected chi connectivity index (χ0v) is 30.1. The van der Waals surface area contributed by atoms with Crippen molar-refractivity contribution in [3.8, 4) is 0 Å². The molecule has 0 saturated carbocycles. The molecule has 2 atom stereocenters. The van der Waals surface area contributed by atoms with E-state index in [1.54, 1.807) is 13.1 Å². The van der Waals surface area contributed by atoms with Gasteiger partial charge in [0.1, 0.15) is 28.2 Å². The molecule has 0 aromatic carbocycles. The molecule has 0 bridgehead atoms. The van der Waals surface area contributed by atoms with Gasteiger partial charge in [-0.15, -0.1) is 0 Å². The number of halogens is 3. The highest BCUT2D eigenvalue weighted by molar-refractivity contribution is 6.86. The van der Waals surface area contributed by atoms with Crippen molar-refractivity contribution in [2.75, 3.05) is 26.4 Å². The molecule has 0 aliphatic carbocycles. The van der Waals surface area contributed by atoms with Crippen LogP contribution in [-0.2, 0) is 28.4 Å². The van der Waals surface area contributed by atoms with E-state index in [1.165, 1.54) is 6.08 Å². The Kier molecular flexibility index (Phi) is 13.6. The molecule has 2 saturated heterocycles. The molecule has 0 spiro atoms. The first-order valence-electron chi connectivity index (χ1n) is 14.9. The maximum Gasteiger partial charge on any atom is 0.511 e. The van der Waals surface area contributed by atoms with Gasteiger partial charge >= 0.3 is 12.3 Å². The third-order valence-corrected chi connectivity index (χ3v) is 19.1. The Labute approximate surface area is 257 Å². The lowest BCUT2D eigenvalue weighted by Crippen LogP contribution is -2.40. The lowest BCUT2D eigenvalue weighted by Gasteiger charge is -2.35. The maximum atomic E-state index is 14.5. The summed E-state index contributed by atoms with van der Waals surface area (Å²) in [6.07, 6.45) is 2.25. The van der Waals surface area contributed by atoms with E-state index < -0.39 is 57.9 Å². The number of ether oxygens (including phenoxy) is 6. The second-order valence-corrected chi connectivity index (χ2v) is 24.6. The van der Waals surface area contributed by atoms with Crippen LogP contribution in [0.25, 0.3) is 0 Å². The first-order chi connectivity index (χ1) is 19.5. The van der Waals surface area contributed by atoms with Crippen molar-refractivity contribution in [1.82, 2.24) is 0 Å². The number of hydrogen-bond donors (Lipinski definition) is 0. The van der Waals surface area contributed by atoms with Gasteiger partial charge in [-0.2, -0.15) is 0 Å². The second kappa shape index (κ2) is 15.0. The average molecular weight is 655 g/mol. The van der Waals surface area contributed by atoms with Crippen LogP contribution in [0.1, 0.15) is 81.1 Å². The standard InChI is InChI=1S/C15H26F2O4Si.C15H27FO4Si/c1-7-8-15(10-19-13(18)21-15)20-9-11(16)12(17)22(5,6)14(2,3)4;1-7-9-15(11-18-13(17)20-15)19-10-8-12(16)21(5,6)14(2,3)4/h7-10H2,1-6H3;8H,7,9-11H2,1-6H3/b12-11-;12-8+. The van der Waals surface area contributed by atoms with Gasteiger partial charge in [0.05, 0.1) is 12.1 Å². The van der Waals surface area contributed by atoms with E-state index in [-0.39, 0.29) is 35.3 Å². The normalized spacial score (nSPS) is 23.9. The van der Waals surface area contributed by atoms with Crippen molar-refractivity contribution in [1.29, 1.82) is 0 Å². The number of cyclic esters (lactones) is 4. The van der Waals surface area contributed by atoms with E-state index in [9.17, 15) is 22.8 Å². The summed E-state index contributed by atoms with van der Waals surface area (Å²) in [6, 6.07) is 0. The van der Waals surface area contributed by atoms with Crippen molar-refractivity contribution in [3.63, 3.8) is 0 Å². The van der Waals surface area contributed by atoms with Crippen LogP contribution in [0.5, 0.6) is 0 Å². The van der Waals surface area contributed by atoms with Crippen molar-refractivity contribution in [2.24, 2.45) is 0 Å². The van der Waals surface area contributed by atoms with Gasteiger partial charge in [-0.1, -0.05) is 81.6 Å². The van der Waals surface area contributed by atoms with Crippen molar-refractivity contribution in [2.45, 2.75) is 129 Å².